The molecular formula is C6H9O5S. The molecule has 0 saturated heterocycles. The first-order valence-electron chi connectivity index (χ1n) is 2.99. The molecule has 12 heavy (non-hydrogen) atoms. The Morgan fingerprint density at radius 3 is 2.50 bits per heavy atom. The third-order valence-corrected chi connectivity index (χ3v) is 1.44. The normalized spacial score (nSPS) is 14.8. The van der Waals surface area contributed by atoms with Crippen molar-refractivity contribution >= 4 is 17.0 Å². The van der Waals surface area contributed by atoms with Crippen molar-refractivity contribution in [1.29, 1.82) is 0 Å². The smallest absolute Gasteiger partial charge is 0.331 e. The van der Waals surface area contributed by atoms with E-state index < -0.39 is 23.1 Å². The van der Waals surface area contributed by atoms with Crippen LogP contribution in [0, 0.1) is 6.92 Å². The molecule has 0 aromatic carbocycles. The molecule has 0 saturated carbocycles. The van der Waals surface area contributed by atoms with Crippen LogP contribution in [0.4, 0.5) is 0 Å². The lowest BCUT2D eigenvalue weighted by molar-refractivity contribution is -0.132. The number of hydrogen-bond donors (Lipinski definition) is 2. The largest absolute Gasteiger partial charge is 0.478 e. The Kier molecular flexibility index (Phi) is 4.53. The van der Waals surface area contributed by atoms with E-state index in [0.29, 0.717) is 0 Å². The molecule has 69 valence electrons. The minimum atomic E-state index is -2.99. The molecule has 0 heterocycles. The molecular weight excluding hydrogens is 184 g/mol. The number of aliphatic carboxylic acids is 1. The number of carboxylic acids is 1. The summed E-state index contributed by atoms with van der Waals surface area (Å²) in [5, 5.41) is 8.36. The van der Waals surface area contributed by atoms with Crippen LogP contribution in [0.15, 0.2) is 11.6 Å². The van der Waals surface area contributed by atoms with E-state index >= 15 is 0 Å². The maximum atomic E-state index is 10.2. The molecule has 1 radical (unpaired) electrons. The van der Waals surface area contributed by atoms with Gasteiger partial charge in [-0.25, -0.2) is 13.2 Å². The summed E-state index contributed by atoms with van der Waals surface area (Å²) < 4.78 is 24.1. The Labute approximate surface area is 71.8 Å². The van der Waals surface area contributed by atoms with E-state index in [1.165, 1.54) is 6.92 Å². The highest BCUT2D eigenvalue weighted by molar-refractivity contribution is 7.67. The van der Waals surface area contributed by atoms with Crippen LogP contribution < -0.4 is 0 Å². The van der Waals surface area contributed by atoms with Gasteiger partial charge in [0.25, 0.3) is 11.0 Å². The summed E-state index contributed by atoms with van der Waals surface area (Å²) in [6.45, 7) is 4.58. The lowest BCUT2D eigenvalue weighted by atomic mass is 10.2. The van der Waals surface area contributed by atoms with Gasteiger partial charge in [0.15, 0.2) is 0 Å². The summed E-state index contributed by atoms with van der Waals surface area (Å²) in [7, 11) is -2.99. The van der Waals surface area contributed by atoms with Gasteiger partial charge in [-0.15, -0.1) is 0 Å². The first-order chi connectivity index (χ1) is 5.43. The maximum Gasteiger partial charge on any atom is 0.331 e. The molecule has 0 spiro atoms. The molecule has 0 rings (SSSR count). The molecule has 0 fully saturated rings. The lowest BCUT2D eigenvalue weighted by Crippen LogP contribution is -2.07. The summed E-state index contributed by atoms with van der Waals surface area (Å²) in [6.07, 6.45) is 0.121. The van der Waals surface area contributed by atoms with E-state index in [9.17, 15) is 13.2 Å². The molecule has 6 heteroatoms. The second-order valence-electron chi connectivity index (χ2n) is 2.02. The fourth-order valence-corrected chi connectivity index (χ4v) is 0.773. The monoisotopic (exact) mass is 193 g/mol. The van der Waals surface area contributed by atoms with Crippen molar-refractivity contribution in [1.82, 2.24) is 0 Å². The van der Waals surface area contributed by atoms with Crippen LogP contribution in [0.1, 0.15) is 6.92 Å². The van der Waals surface area contributed by atoms with Crippen molar-refractivity contribution in [2.24, 2.45) is 0 Å². The van der Waals surface area contributed by atoms with Gasteiger partial charge in [0, 0.05) is 5.57 Å². The summed E-state index contributed by atoms with van der Waals surface area (Å²) in [5.41, 5.74) is -0.00755. The first-order valence-corrected chi connectivity index (χ1v) is 4.09. The molecule has 0 aromatic heterocycles. The van der Waals surface area contributed by atoms with Gasteiger partial charge in [-0.2, -0.15) is 0 Å². The fraction of sp³-hybridized carbons (Fsp3) is 0.333. The zero-order valence-electron chi connectivity index (χ0n) is 6.39. The quantitative estimate of drug-likeness (QED) is 0.476. The van der Waals surface area contributed by atoms with Crippen LogP contribution in [0.2, 0.25) is 0 Å². The van der Waals surface area contributed by atoms with E-state index in [-0.39, 0.29) is 5.57 Å². The van der Waals surface area contributed by atoms with Crippen LogP contribution >= 0.6 is 0 Å². The van der Waals surface area contributed by atoms with Crippen LogP contribution in [0.3, 0.4) is 0 Å². The molecule has 0 aliphatic heterocycles. The number of carbonyl (C=O) groups is 1. The summed E-state index contributed by atoms with van der Waals surface area (Å²) in [6, 6.07) is 0. The molecule has 1 unspecified atom stereocenters. The minimum absolute atomic E-state index is 0.00755. The van der Waals surface area contributed by atoms with Crippen molar-refractivity contribution < 1.29 is 22.5 Å². The third-order valence-electron chi connectivity index (χ3n) is 0.995. The molecule has 0 aliphatic rings. The Balaban J connectivity index is 4.23. The Morgan fingerprint density at radius 1 is 1.67 bits per heavy atom. The molecule has 1 atom stereocenters. The zero-order valence-corrected chi connectivity index (χ0v) is 7.28. The van der Waals surface area contributed by atoms with E-state index in [2.05, 4.69) is 11.1 Å². The minimum Gasteiger partial charge on any atom is -0.478 e. The van der Waals surface area contributed by atoms with Crippen molar-refractivity contribution in [3.63, 3.8) is 0 Å². The Hall–Kier alpha value is -0.880. The number of thiol groups is 1. The predicted octanol–water partition coefficient (Wildman–Crippen LogP) is -0.237. The molecule has 0 aromatic rings. The van der Waals surface area contributed by atoms with Crippen LogP contribution in [0.5, 0.6) is 0 Å². The average Bonchev–Trinajstić information content (AvgIpc) is 1.84. The van der Waals surface area contributed by atoms with Gasteiger partial charge >= 0.3 is 5.97 Å². The second-order valence-corrected chi connectivity index (χ2v) is 2.68. The number of hydrogen-bond acceptors (Lipinski definition) is 4. The molecule has 0 aliphatic carbocycles. The molecule has 0 bridgehead atoms. The van der Waals surface area contributed by atoms with Gasteiger partial charge in [-0.05, 0) is 19.9 Å². The predicted molar refractivity (Wildman–Crippen MR) is 41.9 cm³/mol. The van der Waals surface area contributed by atoms with Crippen molar-refractivity contribution in [2.75, 3.05) is 0 Å². The molecule has 0 amide bonds. The summed E-state index contributed by atoms with van der Waals surface area (Å²) in [4.78, 5) is 10.2. The van der Waals surface area contributed by atoms with Crippen LogP contribution in [-0.4, -0.2) is 25.6 Å². The van der Waals surface area contributed by atoms with Crippen molar-refractivity contribution in [3.05, 3.63) is 18.6 Å². The Morgan fingerprint density at radius 2 is 2.17 bits per heavy atom. The third kappa shape index (κ3) is 4.86. The average molecular weight is 193 g/mol. The van der Waals surface area contributed by atoms with Gasteiger partial charge in [-0.1, -0.05) is 0 Å². The van der Waals surface area contributed by atoms with Gasteiger partial charge < -0.3 is 5.11 Å². The summed E-state index contributed by atoms with van der Waals surface area (Å²) >= 11 is 0. The van der Waals surface area contributed by atoms with Gasteiger partial charge in [0.2, 0.25) is 0 Å². The van der Waals surface area contributed by atoms with Gasteiger partial charge in [0.1, 0.15) is 0 Å². The van der Waals surface area contributed by atoms with Gasteiger partial charge in [0.05, 0.1) is 6.10 Å². The van der Waals surface area contributed by atoms with E-state index in [1.54, 1.807) is 0 Å². The Bertz CT molecular complexity index is 257. The highest BCUT2D eigenvalue weighted by Gasteiger charge is 2.04. The fourth-order valence-electron chi connectivity index (χ4n) is 0.491. The van der Waals surface area contributed by atoms with E-state index in [4.69, 9.17) is 5.11 Å². The highest BCUT2D eigenvalue weighted by Crippen LogP contribution is 1.99. The summed E-state index contributed by atoms with van der Waals surface area (Å²) in [5.74, 6) is -1.13. The topological polar surface area (TPSA) is 80.7 Å². The first kappa shape index (κ1) is 11.1. The highest BCUT2D eigenvalue weighted by atomic mass is 32.2. The number of carboxylic acid groups (broad SMARTS) is 1. The molecule has 1 N–H and O–H groups in total. The zero-order chi connectivity index (χ0) is 9.72. The van der Waals surface area contributed by atoms with Crippen LogP contribution in [0.25, 0.3) is 0 Å². The van der Waals surface area contributed by atoms with E-state index in [0.717, 1.165) is 6.08 Å². The lowest BCUT2D eigenvalue weighted by Gasteiger charge is -2.01. The van der Waals surface area contributed by atoms with Crippen molar-refractivity contribution in [3.8, 4) is 0 Å². The standard InChI is InChI=1S/C6H9O5S/c1-4(6(7)8)3-5(2)11-12(9)10/h3,5,12H,2H2,1H3,(H,7,8). The SMILES string of the molecule is [CH2]C(C=C(C)C(=O)O)O[SH](=O)=O. The van der Waals surface area contributed by atoms with E-state index in [1.807, 2.05) is 0 Å². The van der Waals surface area contributed by atoms with Gasteiger partial charge in [-0.3, -0.25) is 4.18 Å². The number of rotatable bonds is 4. The maximum absolute atomic E-state index is 10.2. The molecule has 5 nitrogen and oxygen atoms in total. The second kappa shape index (κ2) is 4.89. The van der Waals surface area contributed by atoms with Crippen molar-refractivity contribution in [2.45, 2.75) is 13.0 Å². The van der Waals surface area contributed by atoms with Crippen LogP contribution in [-0.2, 0) is 20.0 Å².